The molecule has 9 heteroatoms. The minimum Gasteiger partial charge on any atom is -0.474 e. The summed E-state index contributed by atoms with van der Waals surface area (Å²) in [5, 5.41) is 6.07. The van der Waals surface area contributed by atoms with Crippen LogP contribution in [0.1, 0.15) is 18.9 Å². The van der Waals surface area contributed by atoms with E-state index < -0.39 is 0 Å². The van der Waals surface area contributed by atoms with Crippen molar-refractivity contribution < 1.29 is 14.3 Å². The molecule has 0 radical (unpaired) electrons. The van der Waals surface area contributed by atoms with E-state index in [0.29, 0.717) is 17.3 Å². The number of carbonyl (C=O) groups excluding carboxylic acids is 1. The average molecular weight is 406 g/mol. The number of rotatable bonds is 8. The fourth-order valence-electron chi connectivity index (χ4n) is 2.52. The molecule has 0 saturated carbocycles. The topological polar surface area (TPSA) is 54.4 Å². The number of nitrogens with zero attached hydrogens (tertiary/aromatic N) is 3. The minimum atomic E-state index is -0.0901. The highest BCUT2D eigenvalue weighted by Crippen LogP contribution is 2.31. The van der Waals surface area contributed by atoms with Crippen LogP contribution in [0.4, 0.5) is 4.79 Å². The predicted molar refractivity (Wildman–Crippen MR) is 103 cm³/mol. The van der Waals surface area contributed by atoms with Crippen LogP contribution in [-0.4, -0.2) is 59.0 Å². The number of hydrogen-bond acceptors (Lipinski definition) is 6. The summed E-state index contributed by atoms with van der Waals surface area (Å²) in [4.78, 5) is 14.2. The maximum absolute atomic E-state index is 12.3. The molecule has 138 valence electrons. The Hall–Kier alpha value is -1.15. The summed E-state index contributed by atoms with van der Waals surface area (Å²) in [6.07, 6.45) is 0.687. The molecular weight excluding hydrogens is 385 g/mol. The zero-order valence-electron chi connectivity index (χ0n) is 14.4. The van der Waals surface area contributed by atoms with E-state index >= 15 is 0 Å². The van der Waals surface area contributed by atoms with Crippen LogP contribution in [0.2, 0.25) is 0 Å². The number of amides is 1. The normalized spacial score (nSPS) is 16.0. The Labute approximate surface area is 162 Å². The monoisotopic (exact) mass is 405 g/mol. The summed E-state index contributed by atoms with van der Waals surface area (Å²) >= 11 is 12.5. The highest BCUT2D eigenvalue weighted by atomic mass is 35.5. The molecule has 25 heavy (non-hydrogen) atoms. The van der Waals surface area contributed by atoms with Crippen molar-refractivity contribution in [1.82, 2.24) is 9.91 Å². The lowest BCUT2D eigenvalue weighted by atomic mass is 10.1. The molecule has 0 aliphatic carbocycles. The van der Waals surface area contributed by atoms with Crippen LogP contribution in [0.5, 0.6) is 11.5 Å². The highest BCUT2D eigenvalue weighted by molar-refractivity contribution is 8.14. The zero-order chi connectivity index (χ0) is 18.4. The molecule has 1 heterocycles. The second kappa shape index (κ2) is 9.52. The van der Waals surface area contributed by atoms with Gasteiger partial charge in [0.15, 0.2) is 23.6 Å². The van der Waals surface area contributed by atoms with Crippen molar-refractivity contribution in [2.24, 2.45) is 5.10 Å². The molecule has 1 atom stereocenters. The largest absolute Gasteiger partial charge is 0.474 e. The molecule has 1 aromatic carbocycles. The van der Waals surface area contributed by atoms with E-state index in [2.05, 4.69) is 5.10 Å². The Balaban J connectivity index is 2.36. The van der Waals surface area contributed by atoms with Crippen molar-refractivity contribution in [2.45, 2.75) is 19.5 Å². The summed E-state index contributed by atoms with van der Waals surface area (Å²) in [7, 11) is 3.86. The van der Waals surface area contributed by atoms with Gasteiger partial charge in [0.25, 0.3) is 0 Å². The van der Waals surface area contributed by atoms with E-state index in [1.807, 2.05) is 32.0 Å². The highest BCUT2D eigenvalue weighted by Gasteiger charge is 2.29. The Morgan fingerprint density at radius 2 is 1.96 bits per heavy atom. The van der Waals surface area contributed by atoms with Crippen LogP contribution >= 0.6 is 35.0 Å². The van der Waals surface area contributed by atoms with Crippen molar-refractivity contribution in [1.29, 1.82) is 0 Å². The molecule has 0 N–H and O–H groups in total. The second-order valence-corrected chi connectivity index (χ2v) is 6.83. The number of ether oxygens (including phenoxy) is 2. The molecule has 1 aliphatic heterocycles. The molecular formula is C16H21Cl2N3O3S. The number of carbonyl (C=O) groups is 1. The van der Waals surface area contributed by atoms with E-state index in [-0.39, 0.29) is 23.5 Å². The molecule has 0 spiro atoms. The molecule has 0 bridgehead atoms. The van der Waals surface area contributed by atoms with Crippen molar-refractivity contribution in [3.8, 4) is 11.5 Å². The molecule has 2 rings (SSSR count). The third-order valence-corrected chi connectivity index (χ3v) is 4.76. The van der Waals surface area contributed by atoms with Gasteiger partial charge in [-0.2, -0.15) is 5.10 Å². The molecule has 1 amide bonds. The average Bonchev–Trinajstić information content (AvgIpc) is 2.59. The van der Waals surface area contributed by atoms with E-state index in [0.717, 1.165) is 17.7 Å². The van der Waals surface area contributed by atoms with Crippen molar-refractivity contribution in [2.75, 3.05) is 32.0 Å². The van der Waals surface area contributed by atoms with Gasteiger partial charge in [-0.25, -0.2) is 5.01 Å². The number of halogens is 2. The summed E-state index contributed by atoms with van der Waals surface area (Å²) in [6, 6.07) is 5.43. The zero-order valence-corrected chi connectivity index (χ0v) is 16.7. The Bertz CT molecular complexity index is 643. The van der Waals surface area contributed by atoms with Crippen molar-refractivity contribution in [3.05, 3.63) is 23.8 Å². The van der Waals surface area contributed by atoms with Crippen LogP contribution in [0.3, 0.4) is 0 Å². The van der Waals surface area contributed by atoms with E-state index in [4.69, 9.17) is 32.7 Å². The first-order valence-corrected chi connectivity index (χ1v) is 9.79. The first-order chi connectivity index (χ1) is 12.0. The number of thioether (sulfide) groups is 1. The van der Waals surface area contributed by atoms with Gasteiger partial charge in [-0.05, 0) is 38.7 Å². The van der Waals surface area contributed by atoms with Crippen LogP contribution in [0.25, 0.3) is 0 Å². The Morgan fingerprint density at radius 3 is 2.56 bits per heavy atom. The van der Waals surface area contributed by atoms with Gasteiger partial charge in [0.05, 0.1) is 5.71 Å². The van der Waals surface area contributed by atoms with Gasteiger partial charge in [-0.3, -0.25) is 9.69 Å². The third-order valence-electron chi connectivity index (χ3n) is 3.69. The quantitative estimate of drug-likeness (QED) is 0.611. The number of alkyl halides is 2. The lowest BCUT2D eigenvalue weighted by Crippen LogP contribution is -2.45. The van der Waals surface area contributed by atoms with Gasteiger partial charge in [0, 0.05) is 11.3 Å². The molecule has 0 aromatic heterocycles. The summed E-state index contributed by atoms with van der Waals surface area (Å²) in [5.41, 5.74) is 1.64. The smallest absolute Gasteiger partial charge is 0.303 e. The maximum atomic E-state index is 12.3. The van der Waals surface area contributed by atoms with E-state index in [1.54, 1.807) is 12.1 Å². The number of hydrazone groups is 1. The Kier molecular flexibility index (Phi) is 7.68. The summed E-state index contributed by atoms with van der Waals surface area (Å²) in [6.45, 7) is 2.02. The van der Waals surface area contributed by atoms with Crippen LogP contribution in [0.15, 0.2) is 23.3 Å². The first kappa shape index (κ1) is 20.2. The predicted octanol–water partition coefficient (Wildman–Crippen LogP) is 4.01. The third kappa shape index (κ3) is 4.94. The molecule has 1 aliphatic rings. The lowest BCUT2D eigenvalue weighted by Gasteiger charge is -2.34. The first-order valence-electron chi connectivity index (χ1n) is 7.73. The van der Waals surface area contributed by atoms with Gasteiger partial charge < -0.3 is 9.47 Å². The van der Waals surface area contributed by atoms with Crippen molar-refractivity contribution >= 4 is 45.9 Å². The van der Waals surface area contributed by atoms with Crippen LogP contribution < -0.4 is 9.47 Å². The van der Waals surface area contributed by atoms with Gasteiger partial charge >= 0.3 is 5.24 Å². The molecule has 6 nitrogen and oxygen atoms in total. The standard InChI is InChI=1S/C16H21Cl2N3O3S/c1-4-15(20(2)3)21-16(22)25-8-12(19-21)11-5-6-13(23-9-17)14(7-11)24-10-18/h5-7,15H,4,8-10H2,1-3H3. The van der Waals surface area contributed by atoms with Gasteiger partial charge in [0.2, 0.25) is 0 Å². The molecule has 1 aromatic rings. The Morgan fingerprint density at radius 1 is 1.28 bits per heavy atom. The molecule has 1 unspecified atom stereocenters. The van der Waals surface area contributed by atoms with E-state index in [9.17, 15) is 4.79 Å². The van der Waals surface area contributed by atoms with Crippen molar-refractivity contribution in [3.63, 3.8) is 0 Å². The summed E-state index contributed by atoms with van der Waals surface area (Å²) < 4.78 is 10.7. The fourth-order valence-corrected chi connectivity index (χ4v) is 3.53. The van der Waals surface area contributed by atoms with E-state index in [1.165, 1.54) is 16.8 Å². The summed E-state index contributed by atoms with van der Waals surface area (Å²) in [5.74, 6) is 1.50. The van der Waals surface area contributed by atoms with Crippen LogP contribution in [-0.2, 0) is 0 Å². The van der Waals surface area contributed by atoms with Gasteiger partial charge in [-0.15, -0.1) is 0 Å². The SMILES string of the molecule is CCC(N(C)C)N1N=C(c2ccc(OCCl)c(OCCl)c2)CSC1=O. The van der Waals surface area contributed by atoms with Gasteiger partial charge in [0.1, 0.15) is 6.17 Å². The molecule has 0 saturated heterocycles. The minimum absolute atomic E-state index is 0.00747. The number of benzene rings is 1. The maximum Gasteiger partial charge on any atom is 0.303 e. The molecule has 0 fully saturated rings. The van der Waals surface area contributed by atoms with Gasteiger partial charge in [-0.1, -0.05) is 41.9 Å². The number of hydrogen-bond donors (Lipinski definition) is 0. The lowest BCUT2D eigenvalue weighted by molar-refractivity contribution is 0.114. The van der Waals surface area contributed by atoms with Crippen LogP contribution in [0, 0.1) is 0 Å². The fraction of sp³-hybridized carbons (Fsp3) is 0.500. The second-order valence-electron chi connectivity index (χ2n) is 5.47.